The lowest BCUT2D eigenvalue weighted by atomic mass is 10.1. The Labute approximate surface area is 127 Å². The number of hydrogen-bond donors (Lipinski definition) is 0. The molecular formula is C11H14F3IO3S. The van der Waals surface area contributed by atoms with Crippen molar-refractivity contribution >= 4 is 34.1 Å². The normalized spacial score (nSPS) is 11.8. The molecule has 1 rings (SSSR count). The molecule has 0 radical (unpaired) electrons. The minimum atomic E-state index is -5.60. The second-order valence-electron chi connectivity index (χ2n) is 3.69. The summed E-state index contributed by atoms with van der Waals surface area (Å²) in [7, 11) is -5.60. The third kappa shape index (κ3) is 5.17. The van der Waals surface area contributed by atoms with Crippen LogP contribution in [0.2, 0.25) is 0 Å². The first-order valence-electron chi connectivity index (χ1n) is 5.36. The van der Waals surface area contributed by atoms with Crippen LogP contribution in [-0.4, -0.2) is 13.9 Å². The molecule has 0 aromatic heterocycles. The molecule has 0 aliphatic carbocycles. The number of aryl methyl sites for hydroxylation is 1. The predicted octanol–water partition coefficient (Wildman–Crippen LogP) is 3.88. The summed E-state index contributed by atoms with van der Waals surface area (Å²) < 4.78 is 62.5. The van der Waals surface area contributed by atoms with E-state index in [9.17, 15) is 21.6 Å². The van der Waals surface area contributed by atoms with Gasteiger partial charge in [0.1, 0.15) is 5.75 Å². The van der Waals surface area contributed by atoms with E-state index in [0.29, 0.717) is 12.0 Å². The first-order chi connectivity index (χ1) is 8.28. The number of alkyl halides is 3. The predicted molar refractivity (Wildman–Crippen MR) is 76.1 cm³/mol. The third-order valence-corrected chi connectivity index (χ3v) is 3.22. The van der Waals surface area contributed by atoms with Gasteiger partial charge >= 0.3 is 15.6 Å². The average Bonchev–Trinajstić information content (AvgIpc) is 2.26. The van der Waals surface area contributed by atoms with Gasteiger partial charge < -0.3 is 4.18 Å². The highest BCUT2D eigenvalue weighted by molar-refractivity contribution is 14.0. The van der Waals surface area contributed by atoms with Crippen LogP contribution in [0.25, 0.3) is 0 Å². The Morgan fingerprint density at radius 2 is 1.79 bits per heavy atom. The highest BCUT2D eigenvalue weighted by Gasteiger charge is 2.48. The monoisotopic (exact) mass is 410 g/mol. The van der Waals surface area contributed by atoms with Gasteiger partial charge in [-0.15, -0.1) is 24.0 Å². The minimum absolute atomic E-state index is 0. The summed E-state index contributed by atoms with van der Waals surface area (Å²) in [6.45, 7) is 1.93. The van der Waals surface area contributed by atoms with Crippen molar-refractivity contribution in [2.24, 2.45) is 0 Å². The van der Waals surface area contributed by atoms with E-state index in [1.165, 1.54) is 12.1 Å². The lowest BCUT2D eigenvalue weighted by Gasteiger charge is -2.12. The van der Waals surface area contributed by atoms with Crippen LogP contribution in [0.4, 0.5) is 13.2 Å². The summed E-state index contributed by atoms with van der Waals surface area (Å²) in [4.78, 5) is 0. The second kappa shape index (κ2) is 7.32. The molecule has 3 nitrogen and oxygen atoms in total. The van der Waals surface area contributed by atoms with E-state index in [1.807, 2.05) is 6.92 Å². The summed E-state index contributed by atoms with van der Waals surface area (Å²) >= 11 is 0. The molecule has 1 aromatic rings. The summed E-state index contributed by atoms with van der Waals surface area (Å²) in [5.74, 6) is -0.261. The van der Waals surface area contributed by atoms with Crippen molar-refractivity contribution in [1.82, 2.24) is 0 Å². The molecule has 0 aliphatic heterocycles. The molecule has 0 N–H and O–H groups in total. The van der Waals surface area contributed by atoms with Gasteiger partial charge in [0.2, 0.25) is 0 Å². The van der Waals surface area contributed by atoms with E-state index in [0.717, 1.165) is 12.8 Å². The van der Waals surface area contributed by atoms with E-state index in [2.05, 4.69) is 4.18 Å². The zero-order valence-electron chi connectivity index (χ0n) is 10.1. The zero-order valence-corrected chi connectivity index (χ0v) is 13.3. The van der Waals surface area contributed by atoms with Crippen LogP contribution < -0.4 is 4.18 Å². The molecule has 8 heteroatoms. The number of hydrogen-bond acceptors (Lipinski definition) is 3. The van der Waals surface area contributed by atoms with Gasteiger partial charge in [0.15, 0.2) is 0 Å². The third-order valence-electron chi connectivity index (χ3n) is 2.26. The van der Waals surface area contributed by atoms with Gasteiger partial charge in [0, 0.05) is 0 Å². The van der Waals surface area contributed by atoms with Gasteiger partial charge in [-0.25, -0.2) is 0 Å². The van der Waals surface area contributed by atoms with Crippen molar-refractivity contribution < 1.29 is 25.8 Å². The van der Waals surface area contributed by atoms with Gasteiger partial charge in [-0.2, -0.15) is 21.6 Å². The molecule has 0 aliphatic rings. The van der Waals surface area contributed by atoms with Crippen molar-refractivity contribution in [3.05, 3.63) is 29.8 Å². The van der Waals surface area contributed by atoms with E-state index in [1.54, 1.807) is 12.1 Å². The number of halogens is 4. The first-order valence-corrected chi connectivity index (χ1v) is 6.77. The number of unbranched alkanes of at least 4 members (excludes halogenated alkanes) is 1. The summed E-state index contributed by atoms with van der Waals surface area (Å²) in [5, 5.41) is 0. The summed E-state index contributed by atoms with van der Waals surface area (Å²) in [6.07, 6.45) is 2.06. The molecule has 0 spiro atoms. The molecule has 1 aromatic carbocycles. The molecule has 0 heterocycles. The van der Waals surface area contributed by atoms with Crippen molar-refractivity contribution in [3.63, 3.8) is 0 Å². The van der Waals surface area contributed by atoms with Gasteiger partial charge in [-0.3, -0.25) is 0 Å². The highest BCUT2D eigenvalue weighted by atomic mass is 127. The molecule has 0 fully saturated rings. The van der Waals surface area contributed by atoms with Crippen LogP contribution in [0.1, 0.15) is 25.3 Å². The van der Waals surface area contributed by atoms with E-state index in [-0.39, 0.29) is 29.7 Å². The van der Waals surface area contributed by atoms with E-state index in [4.69, 9.17) is 0 Å². The fraction of sp³-hybridized carbons (Fsp3) is 0.455. The minimum Gasteiger partial charge on any atom is -0.376 e. The number of para-hydroxylation sites is 1. The van der Waals surface area contributed by atoms with Gasteiger partial charge in [0.25, 0.3) is 0 Å². The lowest BCUT2D eigenvalue weighted by molar-refractivity contribution is -0.0500. The quantitative estimate of drug-likeness (QED) is 0.421. The van der Waals surface area contributed by atoms with Crippen LogP contribution in [0.15, 0.2) is 24.3 Å². The molecular weight excluding hydrogens is 396 g/mol. The molecule has 0 bridgehead atoms. The average molecular weight is 410 g/mol. The maximum atomic E-state index is 12.2. The summed E-state index contributed by atoms with van der Waals surface area (Å²) in [6, 6.07) is 5.82. The number of rotatable bonds is 5. The van der Waals surface area contributed by atoms with Crippen molar-refractivity contribution in [3.8, 4) is 5.75 Å². The smallest absolute Gasteiger partial charge is 0.376 e. The SMILES string of the molecule is CCCCc1ccccc1OS(=O)(=O)C(F)(F)F.I. The number of benzene rings is 1. The van der Waals surface area contributed by atoms with Gasteiger partial charge in [-0.05, 0) is 24.5 Å². The molecule has 110 valence electrons. The van der Waals surface area contributed by atoms with Crippen molar-refractivity contribution in [1.29, 1.82) is 0 Å². The largest absolute Gasteiger partial charge is 0.534 e. The molecule has 0 unspecified atom stereocenters. The summed E-state index contributed by atoms with van der Waals surface area (Å²) in [5.41, 5.74) is -4.96. The first kappa shape index (κ1) is 18.5. The standard InChI is InChI=1S/C11H13F3O3S.HI/c1-2-3-6-9-7-4-5-8-10(9)17-18(15,16)11(12,13)14;/h4-5,7-8H,2-3,6H2,1H3;1H. The van der Waals surface area contributed by atoms with E-state index >= 15 is 0 Å². The Bertz CT molecular complexity index is 500. The van der Waals surface area contributed by atoms with Crippen molar-refractivity contribution in [2.75, 3.05) is 0 Å². The van der Waals surface area contributed by atoms with Crippen LogP contribution in [0.3, 0.4) is 0 Å². The van der Waals surface area contributed by atoms with Gasteiger partial charge in [0.05, 0.1) is 0 Å². The molecule has 19 heavy (non-hydrogen) atoms. The van der Waals surface area contributed by atoms with E-state index < -0.39 is 15.6 Å². The Hall–Kier alpha value is -0.510. The maximum absolute atomic E-state index is 12.2. The van der Waals surface area contributed by atoms with Crippen LogP contribution in [-0.2, 0) is 16.5 Å². The highest BCUT2D eigenvalue weighted by Crippen LogP contribution is 2.29. The Morgan fingerprint density at radius 1 is 1.21 bits per heavy atom. The topological polar surface area (TPSA) is 43.4 Å². The van der Waals surface area contributed by atoms with Gasteiger partial charge in [-0.1, -0.05) is 31.5 Å². The van der Waals surface area contributed by atoms with Crippen molar-refractivity contribution in [2.45, 2.75) is 31.7 Å². The van der Waals surface area contributed by atoms with Crippen LogP contribution >= 0.6 is 24.0 Å². The molecule has 0 amide bonds. The fourth-order valence-electron chi connectivity index (χ4n) is 1.32. The Balaban J connectivity index is 0.00000324. The Morgan fingerprint density at radius 3 is 2.32 bits per heavy atom. The second-order valence-corrected chi connectivity index (χ2v) is 5.23. The fourth-order valence-corrected chi connectivity index (χ4v) is 1.82. The van der Waals surface area contributed by atoms with Crippen LogP contribution in [0.5, 0.6) is 5.75 Å². The molecule has 0 atom stereocenters. The molecule has 0 saturated carbocycles. The lowest BCUT2D eigenvalue weighted by Crippen LogP contribution is -2.28. The maximum Gasteiger partial charge on any atom is 0.534 e. The van der Waals surface area contributed by atoms with Crippen LogP contribution in [0, 0.1) is 0 Å². The zero-order chi connectivity index (χ0) is 13.8. The molecule has 0 saturated heterocycles. The Kier molecular flexibility index (Phi) is 7.12.